The van der Waals surface area contributed by atoms with Crippen molar-refractivity contribution in [1.82, 2.24) is 0 Å². The summed E-state index contributed by atoms with van der Waals surface area (Å²) >= 11 is 3.81. The number of fused-ring (bicyclic) bond motifs is 10. The Labute approximate surface area is 337 Å². The Kier molecular flexibility index (Phi) is 7.34. The van der Waals surface area contributed by atoms with Crippen LogP contribution < -0.4 is 4.90 Å². The number of thiophene rings is 2. The SMILES string of the molecule is c1ccc(-c2cccc3c2sc2c(N(c4ccc5ccc6ccccc6c5c4)c4ccc(-c5cccc6ccccc56)c5sc6ccccc6c45)cccc23)cc1. The normalized spacial score (nSPS) is 11.9. The van der Waals surface area contributed by atoms with E-state index < -0.39 is 0 Å². The van der Waals surface area contributed by atoms with Crippen LogP contribution in [-0.4, -0.2) is 0 Å². The molecule has 0 N–H and O–H groups in total. The van der Waals surface area contributed by atoms with Gasteiger partial charge in [-0.3, -0.25) is 0 Å². The second-order valence-electron chi connectivity index (χ2n) is 14.8. The lowest BCUT2D eigenvalue weighted by Crippen LogP contribution is -2.10. The van der Waals surface area contributed by atoms with Gasteiger partial charge in [0.1, 0.15) is 0 Å². The van der Waals surface area contributed by atoms with Gasteiger partial charge in [0.2, 0.25) is 0 Å². The van der Waals surface area contributed by atoms with Crippen molar-refractivity contribution in [3.05, 3.63) is 200 Å². The van der Waals surface area contributed by atoms with E-state index in [0.29, 0.717) is 0 Å². The molecule has 2 aromatic heterocycles. The third kappa shape index (κ3) is 5.06. The molecule has 0 aliphatic heterocycles. The average molecular weight is 760 g/mol. The molecule has 0 aliphatic carbocycles. The molecule has 3 heteroatoms. The predicted molar refractivity (Wildman–Crippen MR) is 250 cm³/mol. The molecule has 12 rings (SSSR count). The number of nitrogens with zero attached hydrogens (tertiary/aromatic N) is 1. The van der Waals surface area contributed by atoms with E-state index >= 15 is 0 Å². The maximum atomic E-state index is 2.55. The first-order chi connectivity index (χ1) is 28.3. The maximum Gasteiger partial charge on any atom is 0.0640 e. The van der Waals surface area contributed by atoms with E-state index in [9.17, 15) is 0 Å². The molecular weight excluding hydrogens is 727 g/mol. The lowest BCUT2D eigenvalue weighted by molar-refractivity contribution is 1.33. The molecule has 0 saturated heterocycles. The zero-order valence-corrected chi connectivity index (χ0v) is 32.4. The molecule has 266 valence electrons. The minimum Gasteiger partial charge on any atom is -0.308 e. The quantitative estimate of drug-likeness (QED) is 0.158. The Morgan fingerprint density at radius 1 is 0.316 bits per heavy atom. The van der Waals surface area contributed by atoms with Gasteiger partial charge in [0, 0.05) is 46.9 Å². The van der Waals surface area contributed by atoms with Crippen LogP contribution in [0.5, 0.6) is 0 Å². The summed E-state index contributed by atoms with van der Waals surface area (Å²) in [6.45, 7) is 0. The molecule has 0 fully saturated rings. The summed E-state index contributed by atoms with van der Waals surface area (Å²) in [4.78, 5) is 2.55. The van der Waals surface area contributed by atoms with Crippen molar-refractivity contribution >= 4 is 112 Å². The smallest absolute Gasteiger partial charge is 0.0640 e. The zero-order chi connectivity index (χ0) is 37.5. The highest BCUT2D eigenvalue weighted by Gasteiger charge is 2.24. The second kappa shape index (κ2) is 12.9. The van der Waals surface area contributed by atoms with E-state index in [1.54, 1.807) is 0 Å². The van der Waals surface area contributed by atoms with Crippen LogP contribution >= 0.6 is 22.7 Å². The number of rotatable bonds is 5. The monoisotopic (exact) mass is 759 g/mol. The minimum atomic E-state index is 1.14. The van der Waals surface area contributed by atoms with Crippen LogP contribution in [0.4, 0.5) is 17.1 Å². The lowest BCUT2D eigenvalue weighted by Gasteiger charge is -2.28. The van der Waals surface area contributed by atoms with E-state index in [1.165, 1.54) is 106 Å². The Morgan fingerprint density at radius 3 is 1.79 bits per heavy atom. The van der Waals surface area contributed by atoms with Crippen molar-refractivity contribution in [2.24, 2.45) is 0 Å². The van der Waals surface area contributed by atoms with Gasteiger partial charge in [-0.05, 0) is 79.3 Å². The molecule has 0 unspecified atom stereocenters. The summed E-state index contributed by atoms with van der Waals surface area (Å²) in [5.74, 6) is 0. The molecule has 0 aliphatic rings. The molecule has 0 radical (unpaired) electrons. The van der Waals surface area contributed by atoms with Crippen LogP contribution in [0.15, 0.2) is 200 Å². The molecule has 0 atom stereocenters. The van der Waals surface area contributed by atoms with Crippen molar-refractivity contribution in [1.29, 1.82) is 0 Å². The first-order valence-corrected chi connectivity index (χ1v) is 21.1. The van der Waals surface area contributed by atoms with Crippen LogP contribution in [-0.2, 0) is 0 Å². The zero-order valence-electron chi connectivity index (χ0n) is 30.8. The fraction of sp³-hybridized carbons (Fsp3) is 0. The van der Waals surface area contributed by atoms with Gasteiger partial charge in [-0.15, -0.1) is 22.7 Å². The summed E-state index contributed by atoms with van der Waals surface area (Å²) < 4.78 is 5.18. The third-order valence-electron chi connectivity index (χ3n) is 11.6. The van der Waals surface area contributed by atoms with Crippen LogP contribution in [0.25, 0.3) is 94.9 Å². The van der Waals surface area contributed by atoms with Crippen LogP contribution in [0.3, 0.4) is 0 Å². The molecule has 57 heavy (non-hydrogen) atoms. The number of hydrogen-bond acceptors (Lipinski definition) is 3. The van der Waals surface area contributed by atoms with Crippen LogP contribution in [0.1, 0.15) is 0 Å². The second-order valence-corrected chi connectivity index (χ2v) is 16.9. The Balaban J connectivity index is 1.19. The topological polar surface area (TPSA) is 3.24 Å². The van der Waals surface area contributed by atoms with Gasteiger partial charge in [0.15, 0.2) is 0 Å². The van der Waals surface area contributed by atoms with Crippen molar-refractivity contribution in [2.75, 3.05) is 4.90 Å². The fourth-order valence-corrected chi connectivity index (χ4v) is 11.6. The maximum absolute atomic E-state index is 2.55. The summed E-state index contributed by atoms with van der Waals surface area (Å²) in [7, 11) is 0. The van der Waals surface area contributed by atoms with Gasteiger partial charge in [-0.2, -0.15) is 0 Å². The molecule has 0 bridgehead atoms. The third-order valence-corrected chi connectivity index (χ3v) is 14.1. The van der Waals surface area contributed by atoms with Gasteiger partial charge in [0.25, 0.3) is 0 Å². The van der Waals surface area contributed by atoms with Crippen LogP contribution in [0, 0.1) is 0 Å². The molecule has 0 amide bonds. The Bertz CT molecular complexity index is 3530. The van der Waals surface area contributed by atoms with Crippen molar-refractivity contribution in [2.45, 2.75) is 0 Å². The van der Waals surface area contributed by atoms with E-state index in [2.05, 4.69) is 205 Å². The highest BCUT2D eigenvalue weighted by atomic mass is 32.1. The van der Waals surface area contributed by atoms with Gasteiger partial charge in [-0.25, -0.2) is 0 Å². The predicted octanol–water partition coefficient (Wildman–Crippen LogP) is 16.7. The molecule has 0 spiro atoms. The van der Waals surface area contributed by atoms with E-state index in [-0.39, 0.29) is 0 Å². The van der Waals surface area contributed by atoms with Crippen molar-refractivity contribution < 1.29 is 0 Å². The van der Waals surface area contributed by atoms with Gasteiger partial charge in [0.05, 0.1) is 16.1 Å². The molecule has 2 heterocycles. The average Bonchev–Trinajstić information content (AvgIpc) is 3.87. The van der Waals surface area contributed by atoms with E-state index in [0.717, 1.165) is 5.69 Å². The Hall–Kier alpha value is -6.78. The molecule has 1 nitrogen and oxygen atoms in total. The van der Waals surface area contributed by atoms with Crippen molar-refractivity contribution in [3.63, 3.8) is 0 Å². The van der Waals surface area contributed by atoms with E-state index in [1.807, 2.05) is 22.7 Å². The van der Waals surface area contributed by atoms with Gasteiger partial charge >= 0.3 is 0 Å². The lowest BCUT2D eigenvalue weighted by atomic mass is 9.95. The number of anilines is 3. The summed E-state index contributed by atoms with van der Waals surface area (Å²) in [5, 5.41) is 12.7. The highest BCUT2D eigenvalue weighted by Crippen LogP contribution is 2.52. The summed E-state index contributed by atoms with van der Waals surface area (Å²) in [6, 6.07) is 73.9. The molecule has 10 aromatic carbocycles. The van der Waals surface area contributed by atoms with E-state index in [4.69, 9.17) is 0 Å². The summed E-state index contributed by atoms with van der Waals surface area (Å²) in [5.41, 5.74) is 8.55. The fourth-order valence-electron chi connectivity index (χ4n) is 9.03. The van der Waals surface area contributed by atoms with Gasteiger partial charge < -0.3 is 4.90 Å². The highest BCUT2D eigenvalue weighted by molar-refractivity contribution is 7.27. The molecule has 0 saturated carbocycles. The number of hydrogen-bond donors (Lipinski definition) is 0. The molecular formula is C54H33NS2. The van der Waals surface area contributed by atoms with Crippen molar-refractivity contribution in [3.8, 4) is 22.3 Å². The van der Waals surface area contributed by atoms with Gasteiger partial charge in [-0.1, -0.05) is 170 Å². The first kappa shape index (κ1) is 32.5. The standard InChI is InChI=1S/C54H33NS2/c1-2-13-35(14-3-1)41-21-11-23-43-44-24-12-25-49(53(44)57-52(41)43)55(38-30-29-37-28-27-36-16-5-7-19-40(36)47(37)33-38)48-32-31-45(42-22-10-17-34-15-4-6-18-39(34)42)54-51(48)46-20-8-9-26-50(46)56-54/h1-33H. The number of benzene rings is 10. The van der Waals surface area contributed by atoms with Crippen LogP contribution in [0.2, 0.25) is 0 Å². The largest absolute Gasteiger partial charge is 0.308 e. The minimum absolute atomic E-state index is 1.14. The summed E-state index contributed by atoms with van der Waals surface area (Å²) in [6.07, 6.45) is 0. The Morgan fingerprint density at radius 2 is 0.930 bits per heavy atom. The molecule has 12 aromatic rings. The first-order valence-electron chi connectivity index (χ1n) is 19.4.